The molecule has 0 saturated heterocycles. The molecule has 0 aliphatic heterocycles. The molecule has 1 amide bonds. The summed E-state index contributed by atoms with van der Waals surface area (Å²) in [7, 11) is 0. The van der Waals surface area contributed by atoms with Crippen molar-refractivity contribution in [3.8, 4) is 0 Å². The molecule has 5 heteroatoms. The second kappa shape index (κ2) is 6.11. The summed E-state index contributed by atoms with van der Waals surface area (Å²) in [6.07, 6.45) is 0. The largest absolute Gasteiger partial charge is 0.319 e. The summed E-state index contributed by atoms with van der Waals surface area (Å²) >= 11 is 14.2. The number of nitrogens with one attached hydrogen (secondary N) is 1. The number of carbonyl (C=O) groups excluding carboxylic acids is 1. The Morgan fingerprint density at radius 3 is 2.37 bits per heavy atom. The lowest BCUT2D eigenvalue weighted by atomic mass is 10.1. The smallest absolute Gasteiger partial charge is 0.256 e. The van der Waals surface area contributed by atoms with Crippen molar-refractivity contribution in [1.82, 2.24) is 0 Å². The molecule has 2 rings (SSSR count). The molecule has 1 N–H and O–H groups in total. The van der Waals surface area contributed by atoms with E-state index in [2.05, 4.69) is 27.9 Å². The van der Waals surface area contributed by atoms with E-state index in [0.717, 1.165) is 9.13 Å². The van der Waals surface area contributed by atoms with Crippen LogP contribution in [0.4, 0.5) is 5.69 Å². The Hall–Kier alpha value is -0.780. The molecule has 0 saturated carbocycles. The van der Waals surface area contributed by atoms with Crippen LogP contribution < -0.4 is 5.32 Å². The van der Waals surface area contributed by atoms with Crippen molar-refractivity contribution in [3.05, 3.63) is 61.1 Å². The molecule has 0 fully saturated rings. The van der Waals surface area contributed by atoms with Gasteiger partial charge in [0.2, 0.25) is 0 Å². The normalized spacial score (nSPS) is 10.3. The van der Waals surface area contributed by atoms with Crippen molar-refractivity contribution in [2.24, 2.45) is 0 Å². The maximum atomic E-state index is 12.2. The van der Waals surface area contributed by atoms with E-state index in [-0.39, 0.29) is 5.91 Å². The van der Waals surface area contributed by atoms with E-state index in [1.54, 1.807) is 24.3 Å². The van der Waals surface area contributed by atoms with E-state index in [1.165, 1.54) is 0 Å². The van der Waals surface area contributed by atoms with Crippen LogP contribution in [0.25, 0.3) is 0 Å². The lowest BCUT2D eigenvalue weighted by Crippen LogP contribution is -2.14. The number of carbonyl (C=O) groups is 1. The number of aryl methyl sites for hydroxylation is 1. The van der Waals surface area contributed by atoms with E-state index in [9.17, 15) is 4.79 Å². The highest BCUT2D eigenvalue weighted by atomic mass is 127. The van der Waals surface area contributed by atoms with E-state index < -0.39 is 0 Å². The average molecular weight is 406 g/mol. The number of hydrogen-bond acceptors (Lipinski definition) is 1. The number of para-hydroxylation sites is 1. The topological polar surface area (TPSA) is 29.1 Å². The lowest BCUT2D eigenvalue weighted by Gasteiger charge is -2.10. The SMILES string of the molecule is Cc1ccc(C(=O)Nc2c(Cl)cccc2Cl)c(I)c1. The number of halogens is 3. The monoisotopic (exact) mass is 405 g/mol. The Balaban J connectivity index is 2.31. The number of benzene rings is 2. The van der Waals surface area contributed by atoms with Gasteiger partial charge in [-0.15, -0.1) is 0 Å². The van der Waals surface area contributed by atoms with Crippen molar-refractivity contribution in [2.75, 3.05) is 5.32 Å². The van der Waals surface area contributed by atoms with Crippen LogP contribution in [-0.2, 0) is 0 Å². The van der Waals surface area contributed by atoms with Gasteiger partial charge in [0, 0.05) is 3.57 Å². The molecule has 2 nitrogen and oxygen atoms in total. The second-order valence-corrected chi connectivity index (χ2v) is 6.01. The standard InChI is InChI=1S/C14H10Cl2INO/c1-8-5-6-9(12(17)7-8)14(19)18-13-10(15)3-2-4-11(13)16/h2-7H,1H3,(H,18,19). The predicted octanol–water partition coefficient (Wildman–Crippen LogP) is 5.16. The van der Waals surface area contributed by atoms with Gasteiger partial charge in [-0.1, -0.05) is 40.9 Å². The predicted molar refractivity (Wildman–Crippen MR) is 88.3 cm³/mol. The summed E-state index contributed by atoms with van der Waals surface area (Å²) in [5, 5.41) is 3.59. The molecule has 0 unspecified atom stereocenters. The molecule has 19 heavy (non-hydrogen) atoms. The van der Waals surface area contributed by atoms with E-state index in [0.29, 0.717) is 21.3 Å². The third kappa shape index (κ3) is 3.41. The van der Waals surface area contributed by atoms with Gasteiger partial charge in [0.25, 0.3) is 5.91 Å². The third-order valence-corrected chi connectivity index (χ3v) is 4.09. The Labute approximate surface area is 135 Å². The van der Waals surface area contributed by atoms with Crippen molar-refractivity contribution >= 4 is 57.4 Å². The van der Waals surface area contributed by atoms with Crippen LogP contribution in [0.15, 0.2) is 36.4 Å². The molecule has 2 aromatic rings. The highest BCUT2D eigenvalue weighted by Gasteiger charge is 2.13. The molecule has 0 aliphatic carbocycles. The summed E-state index contributed by atoms with van der Waals surface area (Å²) in [4.78, 5) is 12.2. The van der Waals surface area contributed by atoms with Gasteiger partial charge in [-0.25, -0.2) is 0 Å². The lowest BCUT2D eigenvalue weighted by molar-refractivity contribution is 0.102. The van der Waals surface area contributed by atoms with Crippen molar-refractivity contribution in [2.45, 2.75) is 6.92 Å². The van der Waals surface area contributed by atoms with Gasteiger partial charge in [0.15, 0.2) is 0 Å². The number of anilines is 1. The zero-order valence-electron chi connectivity index (χ0n) is 10.0. The highest BCUT2D eigenvalue weighted by molar-refractivity contribution is 14.1. The Bertz CT molecular complexity index is 623. The maximum absolute atomic E-state index is 12.2. The first-order valence-electron chi connectivity index (χ1n) is 5.50. The van der Waals surface area contributed by atoms with Crippen molar-refractivity contribution in [1.29, 1.82) is 0 Å². The van der Waals surface area contributed by atoms with Crippen LogP contribution >= 0.6 is 45.8 Å². The van der Waals surface area contributed by atoms with Gasteiger partial charge in [0.05, 0.1) is 21.3 Å². The maximum Gasteiger partial charge on any atom is 0.256 e. The molecule has 2 aromatic carbocycles. The molecular weight excluding hydrogens is 396 g/mol. The molecule has 0 aliphatic rings. The van der Waals surface area contributed by atoms with Crippen LogP contribution in [0.1, 0.15) is 15.9 Å². The molecule has 0 spiro atoms. The second-order valence-electron chi connectivity index (χ2n) is 4.03. The summed E-state index contributed by atoms with van der Waals surface area (Å²) in [5.41, 5.74) is 2.14. The molecule has 0 heterocycles. The van der Waals surface area contributed by atoms with Crippen LogP contribution in [-0.4, -0.2) is 5.91 Å². The van der Waals surface area contributed by atoms with Gasteiger partial charge in [-0.2, -0.15) is 0 Å². The molecule has 0 atom stereocenters. The fraction of sp³-hybridized carbons (Fsp3) is 0.0714. The van der Waals surface area contributed by atoms with Gasteiger partial charge < -0.3 is 5.32 Å². The van der Waals surface area contributed by atoms with Crippen molar-refractivity contribution in [3.63, 3.8) is 0 Å². The fourth-order valence-corrected chi connectivity index (χ4v) is 3.01. The molecule has 0 bridgehead atoms. The number of amides is 1. The summed E-state index contributed by atoms with van der Waals surface area (Å²) in [6.45, 7) is 1.98. The molecule has 0 radical (unpaired) electrons. The van der Waals surface area contributed by atoms with Gasteiger partial charge in [-0.3, -0.25) is 4.79 Å². The van der Waals surface area contributed by atoms with Gasteiger partial charge in [0.1, 0.15) is 0 Å². The number of rotatable bonds is 2. The van der Waals surface area contributed by atoms with E-state index in [1.807, 2.05) is 19.1 Å². The summed E-state index contributed by atoms with van der Waals surface area (Å²) < 4.78 is 0.887. The quantitative estimate of drug-likeness (QED) is 0.687. The highest BCUT2D eigenvalue weighted by Crippen LogP contribution is 2.30. The van der Waals surface area contributed by atoms with Crippen LogP contribution in [0.5, 0.6) is 0 Å². The Morgan fingerprint density at radius 1 is 1.16 bits per heavy atom. The first kappa shape index (κ1) is 14.6. The van der Waals surface area contributed by atoms with Crippen molar-refractivity contribution < 1.29 is 4.79 Å². The van der Waals surface area contributed by atoms with E-state index >= 15 is 0 Å². The van der Waals surface area contributed by atoms with E-state index in [4.69, 9.17) is 23.2 Å². The minimum Gasteiger partial charge on any atom is -0.319 e. The fourth-order valence-electron chi connectivity index (χ4n) is 1.60. The van der Waals surface area contributed by atoms with Crippen LogP contribution in [0.3, 0.4) is 0 Å². The van der Waals surface area contributed by atoms with Gasteiger partial charge >= 0.3 is 0 Å². The van der Waals surface area contributed by atoms with Crippen LogP contribution in [0.2, 0.25) is 10.0 Å². The summed E-state index contributed by atoms with van der Waals surface area (Å²) in [5.74, 6) is -0.223. The first-order chi connectivity index (χ1) is 8.99. The zero-order valence-corrected chi connectivity index (χ0v) is 13.7. The minimum absolute atomic E-state index is 0.223. The molecule has 0 aromatic heterocycles. The zero-order chi connectivity index (χ0) is 14.0. The Morgan fingerprint density at radius 2 is 1.79 bits per heavy atom. The summed E-state index contributed by atoms with van der Waals surface area (Å²) in [6, 6.07) is 10.7. The molecule has 98 valence electrons. The minimum atomic E-state index is -0.223. The molecular formula is C14H10Cl2INO. The first-order valence-corrected chi connectivity index (χ1v) is 7.34. The van der Waals surface area contributed by atoms with Gasteiger partial charge in [-0.05, 0) is 53.8 Å². The number of hydrogen-bond donors (Lipinski definition) is 1. The van der Waals surface area contributed by atoms with Crippen LogP contribution in [0, 0.1) is 10.5 Å². The average Bonchev–Trinajstić information content (AvgIpc) is 2.33. The Kier molecular flexibility index (Phi) is 4.71. The third-order valence-electron chi connectivity index (χ3n) is 2.57.